The van der Waals surface area contributed by atoms with Crippen molar-refractivity contribution >= 4 is 42.0 Å². The number of anilines is 1. The zero-order valence-electron chi connectivity index (χ0n) is 11.1. The Labute approximate surface area is 131 Å². The number of carbonyl (C=O) groups excluding carboxylic acids is 1. The molecule has 0 spiro atoms. The summed E-state index contributed by atoms with van der Waals surface area (Å²) in [7, 11) is 1.65. The van der Waals surface area contributed by atoms with Gasteiger partial charge in [-0.05, 0) is 24.8 Å². The Balaban J connectivity index is 1.89. The number of nitriles is 1. The van der Waals surface area contributed by atoms with Gasteiger partial charge in [0.15, 0.2) is 0 Å². The second kappa shape index (κ2) is 5.27. The van der Waals surface area contributed by atoms with Crippen molar-refractivity contribution in [1.82, 2.24) is 0 Å². The van der Waals surface area contributed by atoms with Crippen LogP contribution in [-0.4, -0.2) is 26.6 Å². The van der Waals surface area contributed by atoms with Crippen LogP contribution >= 0.6 is 22.0 Å². The molecule has 3 rings (SSSR count). The van der Waals surface area contributed by atoms with Gasteiger partial charge in [0, 0.05) is 34.4 Å². The molecule has 1 aromatic heterocycles. The zero-order valence-corrected chi connectivity index (χ0v) is 13.5. The predicted molar refractivity (Wildman–Crippen MR) is 81.2 cm³/mol. The summed E-state index contributed by atoms with van der Waals surface area (Å²) in [6.07, 6.45) is 3.06. The van der Waals surface area contributed by atoms with Crippen LogP contribution in [0.3, 0.4) is 0 Å². The molecule has 1 saturated heterocycles. The van der Waals surface area contributed by atoms with E-state index in [1.54, 1.807) is 4.90 Å². The number of carbonyl (C=O) groups is 1. The first-order chi connectivity index (χ1) is 9.89. The van der Waals surface area contributed by atoms with Crippen LogP contribution in [0.4, 0.5) is 5.00 Å². The summed E-state index contributed by atoms with van der Waals surface area (Å²) in [4.78, 5) is 14.9. The van der Waals surface area contributed by atoms with Crippen molar-refractivity contribution in [2.24, 2.45) is 5.92 Å². The Hall–Kier alpha value is -1.10. The lowest BCUT2D eigenvalue weighted by Gasteiger charge is -2.15. The fraction of sp³-hybridized carbons (Fsp3) is 0.538. The summed E-state index contributed by atoms with van der Waals surface area (Å²) < 4.78 is 22.3. The Morgan fingerprint density at radius 2 is 2.19 bits per heavy atom. The van der Waals surface area contributed by atoms with E-state index in [1.165, 1.54) is 16.2 Å². The van der Waals surface area contributed by atoms with E-state index in [-0.39, 0.29) is 24.0 Å². The minimum atomic E-state index is -3.62. The van der Waals surface area contributed by atoms with Crippen LogP contribution < -0.4 is 4.90 Å². The number of fused-ring (bicyclic) bond motifs is 1. The van der Waals surface area contributed by atoms with E-state index >= 15 is 0 Å². The molecule has 1 fully saturated rings. The van der Waals surface area contributed by atoms with Gasteiger partial charge in [0.05, 0.1) is 11.3 Å². The standard InChI is InChI=1S/C13H13ClN2O3S2/c14-21(18,19)7-8-4-12(17)16(6-8)13-10(5-15)9-2-1-3-11(9)20-13/h8H,1-4,6-7H2. The molecular weight excluding hydrogens is 332 g/mol. The number of thiophene rings is 1. The summed E-state index contributed by atoms with van der Waals surface area (Å²) in [6.45, 7) is 0.318. The first kappa shape index (κ1) is 14.8. The van der Waals surface area contributed by atoms with Gasteiger partial charge < -0.3 is 4.90 Å². The van der Waals surface area contributed by atoms with Gasteiger partial charge in [0.25, 0.3) is 0 Å². The van der Waals surface area contributed by atoms with Crippen LogP contribution in [0.5, 0.6) is 0 Å². The molecule has 8 heteroatoms. The Bertz CT molecular complexity index is 748. The number of nitrogens with zero attached hydrogens (tertiary/aromatic N) is 2. The van der Waals surface area contributed by atoms with Crippen molar-refractivity contribution in [3.05, 3.63) is 16.0 Å². The lowest BCUT2D eigenvalue weighted by Crippen LogP contribution is -2.25. The molecule has 2 aliphatic rings. The van der Waals surface area contributed by atoms with E-state index < -0.39 is 9.05 Å². The summed E-state index contributed by atoms with van der Waals surface area (Å²) in [5, 5.41) is 10.1. The summed E-state index contributed by atoms with van der Waals surface area (Å²) >= 11 is 1.49. The quantitative estimate of drug-likeness (QED) is 0.786. The van der Waals surface area contributed by atoms with Gasteiger partial charge in [-0.1, -0.05) is 0 Å². The molecule has 0 bridgehead atoms. The Morgan fingerprint density at radius 1 is 1.43 bits per heavy atom. The number of hydrogen-bond donors (Lipinski definition) is 0. The first-order valence-corrected chi connectivity index (χ1v) is 9.96. The molecule has 1 aromatic rings. The van der Waals surface area contributed by atoms with E-state index in [2.05, 4.69) is 6.07 Å². The van der Waals surface area contributed by atoms with Gasteiger partial charge in [-0.25, -0.2) is 8.42 Å². The Morgan fingerprint density at radius 3 is 2.86 bits per heavy atom. The van der Waals surface area contributed by atoms with Gasteiger partial charge in [0.2, 0.25) is 15.0 Å². The van der Waals surface area contributed by atoms with Crippen LogP contribution in [0.2, 0.25) is 0 Å². The van der Waals surface area contributed by atoms with E-state index in [9.17, 15) is 18.5 Å². The fourth-order valence-corrected chi connectivity index (χ4v) is 5.75. The number of amides is 1. The third kappa shape index (κ3) is 2.80. The molecule has 112 valence electrons. The van der Waals surface area contributed by atoms with Crippen molar-refractivity contribution in [3.63, 3.8) is 0 Å². The van der Waals surface area contributed by atoms with E-state index in [1.807, 2.05) is 0 Å². The lowest BCUT2D eigenvalue weighted by atomic mass is 10.1. The van der Waals surface area contributed by atoms with Crippen molar-refractivity contribution in [2.45, 2.75) is 25.7 Å². The average molecular weight is 345 g/mol. The Kier molecular flexibility index (Phi) is 3.72. The second-order valence-corrected chi connectivity index (χ2v) is 9.33. The average Bonchev–Trinajstić information content (AvgIpc) is 3.00. The van der Waals surface area contributed by atoms with E-state index in [0.717, 1.165) is 24.8 Å². The highest BCUT2D eigenvalue weighted by Crippen LogP contribution is 2.42. The largest absolute Gasteiger partial charge is 0.302 e. The van der Waals surface area contributed by atoms with Gasteiger partial charge in [-0.15, -0.1) is 11.3 Å². The highest BCUT2D eigenvalue weighted by Gasteiger charge is 2.36. The molecule has 5 nitrogen and oxygen atoms in total. The van der Waals surface area contributed by atoms with Crippen LogP contribution in [0, 0.1) is 17.2 Å². The lowest BCUT2D eigenvalue weighted by molar-refractivity contribution is -0.117. The van der Waals surface area contributed by atoms with Crippen LogP contribution in [0.15, 0.2) is 0 Å². The minimum Gasteiger partial charge on any atom is -0.302 e. The number of aryl methyl sites for hydroxylation is 1. The minimum absolute atomic E-state index is 0.128. The first-order valence-electron chi connectivity index (χ1n) is 6.66. The van der Waals surface area contributed by atoms with Gasteiger partial charge >= 0.3 is 0 Å². The molecule has 1 aliphatic carbocycles. The summed E-state index contributed by atoms with van der Waals surface area (Å²) in [5.74, 6) is -0.635. The smallest absolute Gasteiger partial charge is 0.232 e. The molecule has 0 saturated carbocycles. The maximum atomic E-state index is 12.2. The zero-order chi connectivity index (χ0) is 15.2. The third-order valence-corrected chi connectivity index (χ3v) is 6.46. The maximum absolute atomic E-state index is 12.2. The van der Waals surface area contributed by atoms with Crippen molar-refractivity contribution in [2.75, 3.05) is 17.2 Å². The molecule has 21 heavy (non-hydrogen) atoms. The monoisotopic (exact) mass is 344 g/mol. The topological polar surface area (TPSA) is 78.2 Å². The summed E-state index contributed by atoms with van der Waals surface area (Å²) in [5.41, 5.74) is 1.66. The molecular formula is C13H13ClN2O3S2. The number of halogens is 1. The van der Waals surface area contributed by atoms with E-state index in [4.69, 9.17) is 10.7 Å². The van der Waals surface area contributed by atoms with Crippen molar-refractivity contribution < 1.29 is 13.2 Å². The molecule has 0 N–H and O–H groups in total. The van der Waals surface area contributed by atoms with Gasteiger partial charge in [-0.3, -0.25) is 4.79 Å². The fourth-order valence-electron chi connectivity index (χ4n) is 3.07. The van der Waals surface area contributed by atoms with Crippen LogP contribution in [0.25, 0.3) is 0 Å². The van der Waals surface area contributed by atoms with Gasteiger partial charge in [0.1, 0.15) is 11.1 Å². The van der Waals surface area contributed by atoms with Crippen molar-refractivity contribution in [3.8, 4) is 6.07 Å². The molecule has 1 atom stereocenters. The second-order valence-electron chi connectivity index (χ2n) is 5.43. The van der Waals surface area contributed by atoms with Crippen LogP contribution in [-0.2, 0) is 26.7 Å². The highest BCUT2D eigenvalue weighted by molar-refractivity contribution is 8.13. The summed E-state index contributed by atoms with van der Waals surface area (Å²) in [6, 6.07) is 2.21. The maximum Gasteiger partial charge on any atom is 0.232 e. The highest BCUT2D eigenvalue weighted by atomic mass is 35.7. The SMILES string of the molecule is N#Cc1c(N2CC(CS(=O)(=O)Cl)CC2=O)sc2c1CCC2. The molecule has 1 unspecified atom stereocenters. The molecule has 1 amide bonds. The molecule has 1 aliphatic heterocycles. The third-order valence-electron chi connectivity index (χ3n) is 3.90. The number of hydrogen-bond acceptors (Lipinski definition) is 5. The van der Waals surface area contributed by atoms with E-state index in [0.29, 0.717) is 17.1 Å². The molecule has 2 heterocycles. The molecule has 0 aromatic carbocycles. The molecule has 0 radical (unpaired) electrons. The van der Waals surface area contributed by atoms with Crippen molar-refractivity contribution in [1.29, 1.82) is 5.26 Å². The predicted octanol–water partition coefficient (Wildman–Crippen LogP) is 2.03. The van der Waals surface area contributed by atoms with Crippen LogP contribution in [0.1, 0.15) is 28.8 Å². The number of rotatable bonds is 3. The van der Waals surface area contributed by atoms with Gasteiger partial charge in [-0.2, -0.15) is 5.26 Å². The normalized spacial score (nSPS) is 21.6.